The molecule has 1 saturated heterocycles. The van der Waals surface area contributed by atoms with E-state index in [4.69, 9.17) is 4.74 Å². The van der Waals surface area contributed by atoms with E-state index in [1.807, 2.05) is 12.1 Å². The number of nitrogens with zero attached hydrogens (tertiary/aromatic N) is 6. The number of rotatable bonds is 7. The summed E-state index contributed by atoms with van der Waals surface area (Å²) in [5.41, 5.74) is 2.26. The van der Waals surface area contributed by atoms with E-state index in [-0.39, 0.29) is 5.69 Å². The molecule has 5 rings (SSSR count). The van der Waals surface area contributed by atoms with Gasteiger partial charge in [-0.1, -0.05) is 6.58 Å². The highest BCUT2D eigenvalue weighted by molar-refractivity contribution is 7.95. The Labute approximate surface area is 202 Å². The van der Waals surface area contributed by atoms with Crippen LogP contribution in [0, 0.1) is 0 Å². The number of pyridine rings is 3. The number of morpholine rings is 1. The van der Waals surface area contributed by atoms with E-state index in [1.165, 1.54) is 0 Å². The van der Waals surface area contributed by atoms with Gasteiger partial charge in [0, 0.05) is 42.5 Å². The second kappa shape index (κ2) is 9.60. The molecule has 178 valence electrons. The largest absolute Gasteiger partial charge is 0.378 e. The van der Waals surface area contributed by atoms with Gasteiger partial charge in [-0.05, 0) is 30.3 Å². The number of hydrogen-bond donors (Lipinski definition) is 2. The molecule has 0 aliphatic carbocycles. The van der Waals surface area contributed by atoms with E-state index in [0.717, 1.165) is 35.4 Å². The molecule has 0 saturated carbocycles. The highest BCUT2D eigenvalue weighted by Gasteiger charge is 2.17. The van der Waals surface area contributed by atoms with E-state index >= 15 is 0 Å². The summed E-state index contributed by atoms with van der Waals surface area (Å²) in [5, 5.41) is 4.73. The summed E-state index contributed by atoms with van der Waals surface area (Å²) >= 11 is 0. The summed E-state index contributed by atoms with van der Waals surface area (Å²) < 4.78 is 32.0. The Morgan fingerprint density at radius 2 is 1.80 bits per heavy atom. The van der Waals surface area contributed by atoms with Crippen molar-refractivity contribution in [3.05, 3.63) is 67.1 Å². The van der Waals surface area contributed by atoms with Gasteiger partial charge in [0.15, 0.2) is 0 Å². The Kier molecular flexibility index (Phi) is 6.21. The Morgan fingerprint density at radius 3 is 2.57 bits per heavy atom. The molecule has 12 heteroatoms. The van der Waals surface area contributed by atoms with Gasteiger partial charge in [-0.2, -0.15) is 0 Å². The smallest absolute Gasteiger partial charge is 0.254 e. The van der Waals surface area contributed by atoms with E-state index in [0.29, 0.717) is 36.1 Å². The lowest BCUT2D eigenvalue weighted by molar-refractivity contribution is 0.122. The molecule has 0 unspecified atom stereocenters. The average molecular weight is 491 g/mol. The lowest BCUT2D eigenvalue weighted by Crippen LogP contribution is -2.36. The maximum Gasteiger partial charge on any atom is 0.254 e. The average Bonchev–Trinajstić information content (AvgIpc) is 2.89. The van der Waals surface area contributed by atoms with Gasteiger partial charge >= 0.3 is 0 Å². The Balaban J connectivity index is 1.46. The lowest BCUT2D eigenvalue weighted by atomic mass is 10.1. The SMILES string of the molecule is C=CS(=O)(=O)Nc1cccnc1-c1nccc2cnc(Nc3ccc(N4CCOCC4)nc3)nc12. The van der Waals surface area contributed by atoms with Crippen LogP contribution >= 0.6 is 0 Å². The number of nitrogens with one attached hydrogen (secondary N) is 2. The van der Waals surface area contributed by atoms with Crippen LogP contribution in [-0.2, 0) is 14.8 Å². The summed E-state index contributed by atoms with van der Waals surface area (Å²) in [4.78, 5) is 24.5. The molecule has 0 aromatic carbocycles. The Morgan fingerprint density at radius 1 is 0.971 bits per heavy atom. The first-order valence-electron chi connectivity index (χ1n) is 10.8. The molecule has 1 aliphatic heterocycles. The standard InChI is InChI=1S/C23H22N8O3S/c1-2-35(32,33)30-18-4-3-8-24-21(18)22-20-16(7-9-25-22)14-27-23(29-20)28-17-5-6-19(26-15-17)31-10-12-34-13-11-31/h2-9,14-15,30H,1,10-13H2,(H,27,28,29). The Hall–Kier alpha value is -4.16. The van der Waals surface area contributed by atoms with Crippen LogP contribution in [0.1, 0.15) is 0 Å². The van der Waals surface area contributed by atoms with Crippen molar-refractivity contribution in [2.45, 2.75) is 0 Å². The van der Waals surface area contributed by atoms with Gasteiger partial charge in [-0.25, -0.2) is 23.4 Å². The molecular weight excluding hydrogens is 468 g/mol. The van der Waals surface area contributed by atoms with Crippen LogP contribution in [0.2, 0.25) is 0 Å². The number of anilines is 4. The quantitative estimate of drug-likeness (QED) is 0.398. The van der Waals surface area contributed by atoms with Crippen molar-refractivity contribution in [3.8, 4) is 11.4 Å². The predicted molar refractivity (Wildman–Crippen MR) is 134 cm³/mol. The fourth-order valence-electron chi connectivity index (χ4n) is 3.63. The number of aromatic nitrogens is 5. The maximum absolute atomic E-state index is 12.1. The summed E-state index contributed by atoms with van der Waals surface area (Å²) in [5.74, 6) is 1.23. The zero-order valence-corrected chi connectivity index (χ0v) is 19.4. The van der Waals surface area contributed by atoms with Crippen LogP contribution < -0.4 is 14.9 Å². The third-order valence-corrected chi connectivity index (χ3v) is 6.29. The fraction of sp³-hybridized carbons (Fsp3) is 0.174. The molecule has 4 aromatic rings. The van der Waals surface area contributed by atoms with Gasteiger partial charge in [0.1, 0.15) is 22.7 Å². The summed E-state index contributed by atoms with van der Waals surface area (Å²) in [6.07, 6.45) is 6.55. The van der Waals surface area contributed by atoms with Gasteiger partial charge in [0.2, 0.25) is 5.95 Å². The highest BCUT2D eigenvalue weighted by atomic mass is 32.2. The van der Waals surface area contributed by atoms with E-state index < -0.39 is 10.0 Å². The third kappa shape index (κ3) is 5.03. The molecule has 0 atom stereocenters. The van der Waals surface area contributed by atoms with Crippen LogP contribution in [0.25, 0.3) is 22.3 Å². The second-order valence-corrected chi connectivity index (χ2v) is 9.26. The van der Waals surface area contributed by atoms with Crippen molar-refractivity contribution in [2.75, 3.05) is 41.2 Å². The van der Waals surface area contributed by atoms with Gasteiger partial charge in [0.25, 0.3) is 10.0 Å². The van der Waals surface area contributed by atoms with Crippen molar-refractivity contribution in [3.63, 3.8) is 0 Å². The number of fused-ring (bicyclic) bond motifs is 1. The number of hydrogen-bond acceptors (Lipinski definition) is 10. The number of sulfonamides is 1. The molecule has 0 spiro atoms. The van der Waals surface area contributed by atoms with Crippen LogP contribution in [0.15, 0.2) is 67.1 Å². The van der Waals surface area contributed by atoms with Crippen molar-refractivity contribution in [2.24, 2.45) is 0 Å². The topological polar surface area (TPSA) is 135 Å². The molecule has 0 bridgehead atoms. The minimum atomic E-state index is -3.73. The van der Waals surface area contributed by atoms with Crippen LogP contribution in [0.5, 0.6) is 0 Å². The molecule has 5 heterocycles. The summed E-state index contributed by atoms with van der Waals surface area (Å²) in [7, 11) is -3.73. The van der Waals surface area contributed by atoms with E-state index in [9.17, 15) is 8.42 Å². The van der Waals surface area contributed by atoms with E-state index in [2.05, 4.69) is 46.4 Å². The molecule has 1 fully saturated rings. The van der Waals surface area contributed by atoms with Crippen molar-refractivity contribution in [1.82, 2.24) is 24.9 Å². The lowest BCUT2D eigenvalue weighted by Gasteiger charge is -2.27. The molecule has 11 nitrogen and oxygen atoms in total. The molecule has 1 aliphatic rings. The number of ether oxygens (including phenoxy) is 1. The molecule has 2 N–H and O–H groups in total. The Bertz CT molecular complexity index is 1470. The molecule has 0 radical (unpaired) electrons. The third-order valence-electron chi connectivity index (χ3n) is 5.34. The summed E-state index contributed by atoms with van der Waals surface area (Å²) in [6, 6.07) is 8.86. The molecular formula is C23H22N8O3S. The van der Waals surface area contributed by atoms with Crippen molar-refractivity contribution in [1.29, 1.82) is 0 Å². The summed E-state index contributed by atoms with van der Waals surface area (Å²) in [6.45, 7) is 6.33. The molecule has 35 heavy (non-hydrogen) atoms. The van der Waals surface area contributed by atoms with E-state index in [1.54, 1.807) is 43.0 Å². The first-order chi connectivity index (χ1) is 17.0. The molecule has 0 amide bonds. The van der Waals surface area contributed by atoms with Crippen LogP contribution in [0.3, 0.4) is 0 Å². The van der Waals surface area contributed by atoms with Gasteiger partial charge in [0.05, 0.1) is 30.8 Å². The fourth-order valence-corrected chi connectivity index (χ4v) is 4.18. The normalized spacial score (nSPS) is 14.0. The maximum atomic E-state index is 12.1. The van der Waals surface area contributed by atoms with Crippen molar-refractivity contribution >= 4 is 44.1 Å². The minimum absolute atomic E-state index is 0.267. The molecule has 4 aromatic heterocycles. The van der Waals surface area contributed by atoms with Crippen molar-refractivity contribution < 1.29 is 13.2 Å². The zero-order chi connectivity index (χ0) is 24.3. The second-order valence-electron chi connectivity index (χ2n) is 7.63. The highest BCUT2D eigenvalue weighted by Crippen LogP contribution is 2.30. The zero-order valence-electron chi connectivity index (χ0n) is 18.6. The van der Waals surface area contributed by atoms with Crippen LogP contribution in [-0.4, -0.2) is 59.6 Å². The minimum Gasteiger partial charge on any atom is -0.378 e. The van der Waals surface area contributed by atoms with Crippen LogP contribution in [0.4, 0.5) is 23.1 Å². The van der Waals surface area contributed by atoms with Gasteiger partial charge in [-0.3, -0.25) is 14.7 Å². The first kappa shape index (κ1) is 22.6. The van der Waals surface area contributed by atoms with Gasteiger partial charge in [-0.15, -0.1) is 0 Å². The predicted octanol–water partition coefficient (Wildman–Crippen LogP) is 2.95. The monoisotopic (exact) mass is 490 g/mol. The first-order valence-corrected chi connectivity index (χ1v) is 12.4. The van der Waals surface area contributed by atoms with Gasteiger partial charge < -0.3 is 15.0 Å².